The van der Waals surface area contributed by atoms with Crippen molar-refractivity contribution >= 4 is 10.9 Å². The molecule has 1 aliphatic rings. The molecule has 2 aromatic carbocycles. The van der Waals surface area contributed by atoms with E-state index in [2.05, 4.69) is 10.3 Å². The summed E-state index contributed by atoms with van der Waals surface area (Å²) in [6.45, 7) is 2.15. The highest BCUT2D eigenvalue weighted by Gasteiger charge is 2.13. The Bertz CT molecular complexity index is 970. The fourth-order valence-electron chi connectivity index (χ4n) is 2.89. The average molecular weight is 338 g/mol. The molecule has 128 valence electrons. The van der Waals surface area contributed by atoms with E-state index in [1.54, 1.807) is 12.1 Å². The van der Waals surface area contributed by atoms with Crippen molar-refractivity contribution in [3.8, 4) is 11.5 Å². The van der Waals surface area contributed by atoms with Gasteiger partial charge in [0.05, 0.1) is 12.1 Å². The molecule has 0 amide bonds. The van der Waals surface area contributed by atoms with Crippen LogP contribution in [0.4, 0.5) is 0 Å². The number of fused-ring (bicyclic) bond motifs is 2. The molecule has 2 heterocycles. The molecule has 0 atom stereocenters. The van der Waals surface area contributed by atoms with Crippen molar-refractivity contribution in [2.75, 3.05) is 20.3 Å². The first-order valence-corrected chi connectivity index (χ1v) is 8.10. The molecule has 0 radical (unpaired) electrons. The van der Waals surface area contributed by atoms with Crippen molar-refractivity contribution in [1.82, 2.24) is 19.9 Å². The predicted molar refractivity (Wildman–Crippen MR) is 92.7 cm³/mol. The van der Waals surface area contributed by atoms with E-state index >= 15 is 0 Å². The number of benzene rings is 2. The summed E-state index contributed by atoms with van der Waals surface area (Å²) >= 11 is 0. The summed E-state index contributed by atoms with van der Waals surface area (Å²) < 4.78 is 12.5. The van der Waals surface area contributed by atoms with Crippen molar-refractivity contribution in [3.63, 3.8) is 0 Å². The third kappa shape index (κ3) is 3.18. The largest absolute Gasteiger partial charge is 0.486 e. The van der Waals surface area contributed by atoms with Crippen LogP contribution in [0.3, 0.4) is 0 Å². The Morgan fingerprint density at radius 3 is 2.80 bits per heavy atom. The quantitative estimate of drug-likeness (QED) is 0.720. The van der Waals surface area contributed by atoms with Crippen molar-refractivity contribution in [2.45, 2.75) is 13.2 Å². The molecule has 0 saturated carbocycles. The first-order valence-electron chi connectivity index (χ1n) is 8.10. The molecule has 0 spiro atoms. The average Bonchev–Trinajstić information content (AvgIpc) is 2.64. The Morgan fingerprint density at radius 1 is 1.12 bits per heavy atom. The molecule has 3 aromatic rings. The maximum atomic E-state index is 12.5. The maximum Gasteiger partial charge on any atom is 0.278 e. The van der Waals surface area contributed by atoms with Crippen molar-refractivity contribution in [3.05, 3.63) is 58.4 Å². The van der Waals surface area contributed by atoms with E-state index in [1.807, 2.05) is 42.3 Å². The molecular weight excluding hydrogens is 320 g/mol. The van der Waals surface area contributed by atoms with Crippen LogP contribution in [0.5, 0.6) is 11.5 Å². The van der Waals surface area contributed by atoms with Crippen LogP contribution < -0.4 is 15.0 Å². The van der Waals surface area contributed by atoms with Gasteiger partial charge in [-0.15, -0.1) is 5.10 Å². The van der Waals surface area contributed by atoms with Crippen LogP contribution in [0.2, 0.25) is 0 Å². The molecule has 25 heavy (non-hydrogen) atoms. The van der Waals surface area contributed by atoms with E-state index in [1.165, 1.54) is 4.68 Å². The summed E-state index contributed by atoms with van der Waals surface area (Å²) in [5, 5.41) is 8.71. The fraction of sp³-hybridized carbons (Fsp3) is 0.278. The molecule has 0 aliphatic carbocycles. The number of nitrogens with zero attached hydrogens (tertiary/aromatic N) is 4. The molecule has 4 rings (SSSR count). The van der Waals surface area contributed by atoms with Gasteiger partial charge < -0.3 is 9.47 Å². The van der Waals surface area contributed by atoms with Gasteiger partial charge in [-0.3, -0.25) is 9.69 Å². The Balaban J connectivity index is 1.52. The summed E-state index contributed by atoms with van der Waals surface area (Å²) in [5.41, 5.74) is 1.55. The van der Waals surface area contributed by atoms with Gasteiger partial charge >= 0.3 is 0 Å². The molecule has 1 aliphatic heterocycles. The molecule has 0 saturated heterocycles. The zero-order chi connectivity index (χ0) is 17.2. The maximum absolute atomic E-state index is 12.5. The minimum atomic E-state index is -0.139. The fourth-order valence-corrected chi connectivity index (χ4v) is 2.89. The highest BCUT2D eigenvalue weighted by Crippen LogP contribution is 2.31. The summed E-state index contributed by atoms with van der Waals surface area (Å²) in [4.78, 5) is 14.5. The van der Waals surface area contributed by atoms with Gasteiger partial charge in [-0.1, -0.05) is 23.4 Å². The van der Waals surface area contributed by atoms with E-state index in [4.69, 9.17) is 9.47 Å². The highest BCUT2D eigenvalue weighted by atomic mass is 16.6. The summed E-state index contributed by atoms with van der Waals surface area (Å²) in [7, 11) is 1.93. The van der Waals surface area contributed by atoms with E-state index in [9.17, 15) is 4.79 Å². The molecule has 1 aromatic heterocycles. The van der Waals surface area contributed by atoms with Gasteiger partial charge in [0.1, 0.15) is 18.7 Å². The Hall–Kier alpha value is -2.93. The second-order valence-electron chi connectivity index (χ2n) is 6.04. The van der Waals surface area contributed by atoms with E-state index in [0.717, 1.165) is 17.1 Å². The summed E-state index contributed by atoms with van der Waals surface area (Å²) in [6.07, 6.45) is 0. The van der Waals surface area contributed by atoms with Gasteiger partial charge in [-0.2, -0.15) is 4.68 Å². The molecule has 7 nitrogen and oxygen atoms in total. The summed E-state index contributed by atoms with van der Waals surface area (Å²) in [6, 6.07) is 13.1. The first kappa shape index (κ1) is 15.6. The third-order valence-electron chi connectivity index (χ3n) is 4.06. The molecular formula is C18H18N4O3. The van der Waals surface area contributed by atoms with Crippen LogP contribution in [-0.2, 0) is 13.2 Å². The van der Waals surface area contributed by atoms with Crippen LogP contribution in [0.25, 0.3) is 10.9 Å². The van der Waals surface area contributed by atoms with E-state index in [-0.39, 0.29) is 5.56 Å². The van der Waals surface area contributed by atoms with Gasteiger partial charge in [-0.25, -0.2) is 0 Å². The zero-order valence-electron chi connectivity index (χ0n) is 13.9. The molecule has 0 fully saturated rings. The molecule has 0 bridgehead atoms. The van der Waals surface area contributed by atoms with Crippen molar-refractivity contribution in [1.29, 1.82) is 0 Å². The Kier molecular flexibility index (Phi) is 4.07. The highest BCUT2D eigenvalue weighted by molar-refractivity contribution is 5.76. The van der Waals surface area contributed by atoms with Gasteiger partial charge in [0.15, 0.2) is 11.5 Å². The van der Waals surface area contributed by atoms with Crippen LogP contribution in [0.15, 0.2) is 47.3 Å². The molecule has 0 N–H and O–H groups in total. The number of hydrogen-bond donors (Lipinski definition) is 0. The van der Waals surface area contributed by atoms with Crippen molar-refractivity contribution < 1.29 is 9.47 Å². The summed E-state index contributed by atoms with van der Waals surface area (Å²) in [5.74, 6) is 1.54. The van der Waals surface area contributed by atoms with E-state index in [0.29, 0.717) is 37.3 Å². The van der Waals surface area contributed by atoms with Crippen LogP contribution in [-0.4, -0.2) is 40.2 Å². The molecule has 7 heteroatoms. The number of hydrogen-bond acceptors (Lipinski definition) is 6. The van der Waals surface area contributed by atoms with Gasteiger partial charge in [0.2, 0.25) is 0 Å². The second-order valence-corrected chi connectivity index (χ2v) is 6.04. The lowest BCUT2D eigenvalue weighted by Crippen LogP contribution is -2.32. The predicted octanol–water partition coefficient (Wildman–Crippen LogP) is 1.65. The monoisotopic (exact) mass is 338 g/mol. The normalized spacial score (nSPS) is 13.4. The lowest BCUT2D eigenvalue weighted by molar-refractivity contribution is 0.171. The van der Waals surface area contributed by atoms with Gasteiger partial charge in [0, 0.05) is 6.54 Å². The zero-order valence-corrected chi connectivity index (χ0v) is 13.9. The number of rotatable bonds is 4. The van der Waals surface area contributed by atoms with Gasteiger partial charge in [0.25, 0.3) is 5.56 Å². The minimum absolute atomic E-state index is 0.139. The molecule has 0 unspecified atom stereocenters. The standard InChI is InChI=1S/C18H18N4O3/c1-21(11-13-6-7-16-17(10-13)25-9-8-24-16)12-22-18(23)14-4-2-3-5-15(14)19-20-22/h2-7,10H,8-9,11-12H2,1H3. The van der Waals surface area contributed by atoms with E-state index < -0.39 is 0 Å². The van der Waals surface area contributed by atoms with Crippen molar-refractivity contribution in [2.24, 2.45) is 0 Å². The smallest absolute Gasteiger partial charge is 0.278 e. The van der Waals surface area contributed by atoms with Crippen LogP contribution in [0.1, 0.15) is 5.56 Å². The van der Waals surface area contributed by atoms with Crippen LogP contribution >= 0.6 is 0 Å². The Morgan fingerprint density at radius 2 is 1.92 bits per heavy atom. The topological polar surface area (TPSA) is 69.5 Å². The SMILES string of the molecule is CN(Cc1ccc2c(c1)OCCO2)Cn1nnc2ccccc2c1=O. The Labute approximate surface area is 144 Å². The van der Waals surface area contributed by atoms with Crippen LogP contribution in [0, 0.1) is 0 Å². The number of aromatic nitrogens is 3. The lowest BCUT2D eigenvalue weighted by atomic mass is 10.2. The lowest BCUT2D eigenvalue weighted by Gasteiger charge is -2.21. The minimum Gasteiger partial charge on any atom is -0.486 e. The second kappa shape index (κ2) is 6.52. The third-order valence-corrected chi connectivity index (χ3v) is 4.06. The van der Waals surface area contributed by atoms with Gasteiger partial charge in [-0.05, 0) is 36.9 Å². The number of ether oxygens (including phenoxy) is 2. The first-order chi connectivity index (χ1) is 12.2.